The Morgan fingerprint density at radius 2 is 1.90 bits per heavy atom. The number of carbonyl (C=O) groups excluding carboxylic acids is 3. The Labute approximate surface area is 227 Å². The van der Waals surface area contributed by atoms with Crippen molar-refractivity contribution in [1.29, 1.82) is 0 Å². The lowest BCUT2D eigenvalue weighted by atomic mass is 9.95. The van der Waals surface area contributed by atoms with E-state index in [0.717, 1.165) is 0 Å². The van der Waals surface area contributed by atoms with Crippen molar-refractivity contribution >= 4 is 29.2 Å². The molecule has 0 bridgehead atoms. The molecule has 1 N–H and O–H groups in total. The standard InChI is InChI=1S/C26H24N6O8/c1-38-16-19(33)5-4-14-29-25(34)23-17(7-12-22(30-31-27)24(23)21-6-2-3-13-28-21)15-39-26(35)40-20-10-8-18(9-11-20)32(36)37/h2-3,6-13H,4-5,14-16H2,1H3,(H,29,34). The van der Waals surface area contributed by atoms with Gasteiger partial charge in [-0.1, -0.05) is 23.3 Å². The number of amides is 1. The molecule has 206 valence electrons. The molecule has 0 saturated carbocycles. The van der Waals surface area contributed by atoms with Crippen molar-refractivity contribution in [2.45, 2.75) is 19.4 Å². The lowest BCUT2D eigenvalue weighted by Gasteiger charge is -2.17. The van der Waals surface area contributed by atoms with E-state index in [1.54, 1.807) is 18.2 Å². The number of aromatic nitrogens is 1. The van der Waals surface area contributed by atoms with Crippen LogP contribution in [-0.2, 0) is 20.9 Å². The summed E-state index contributed by atoms with van der Waals surface area (Å²) in [4.78, 5) is 54.8. The third-order valence-electron chi connectivity index (χ3n) is 5.39. The van der Waals surface area contributed by atoms with Gasteiger partial charge in [-0.3, -0.25) is 24.7 Å². The Morgan fingerprint density at radius 3 is 2.55 bits per heavy atom. The van der Waals surface area contributed by atoms with Gasteiger partial charge in [0.05, 0.1) is 16.2 Å². The van der Waals surface area contributed by atoms with Crippen molar-refractivity contribution in [2.75, 3.05) is 20.3 Å². The molecule has 14 heteroatoms. The van der Waals surface area contributed by atoms with Crippen molar-refractivity contribution in [3.63, 3.8) is 0 Å². The zero-order chi connectivity index (χ0) is 28.9. The van der Waals surface area contributed by atoms with Crippen LogP contribution in [0.4, 0.5) is 16.2 Å². The number of hydrogen-bond acceptors (Lipinski definition) is 10. The van der Waals surface area contributed by atoms with E-state index in [1.165, 1.54) is 49.7 Å². The Hall–Kier alpha value is -5.33. The third-order valence-corrected chi connectivity index (χ3v) is 5.39. The van der Waals surface area contributed by atoms with Gasteiger partial charge in [-0.25, -0.2) is 4.79 Å². The Balaban J connectivity index is 1.86. The van der Waals surface area contributed by atoms with Gasteiger partial charge in [0.2, 0.25) is 0 Å². The molecule has 0 aliphatic heterocycles. The lowest BCUT2D eigenvalue weighted by molar-refractivity contribution is -0.384. The summed E-state index contributed by atoms with van der Waals surface area (Å²) in [5.74, 6) is -0.668. The number of nitro groups is 1. The number of carbonyl (C=O) groups is 3. The summed E-state index contributed by atoms with van der Waals surface area (Å²) < 4.78 is 15.1. The molecule has 3 aromatic rings. The molecular weight excluding hydrogens is 524 g/mol. The van der Waals surface area contributed by atoms with Crippen LogP contribution < -0.4 is 10.1 Å². The fourth-order valence-corrected chi connectivity index (χ4v) is 3.62. The van der Waals surface area contributed by atoms with E-state index in [2.05, 4.69) is 20.3 Å². The molecule has 0 unspecified atom stereocenters. The predicted octanol–water partition coefficient (Wildman–Crippen LogP) is 5.04. The molecule has 0 radical (unpaired) electrons. The number of benzene rings is 2. The van der Waals surface area contributed by atoms with Crippen LogP contribution in [0, 0.1) is 10.1 Å². The van der Waals surface area contributed by atoms with Gasteiger partial charge in [-0.2, -0.15) is 0 Å². The minimum atomic E-state index is -1.12. The van der Waals surface area contributed by atoms with Crippen molar-refractivity contribution < 1.29 is 33.5 Å². The van der Waals surface area contributed by atoms with E-state index < -0.39 is 23.6 Å². The summed E-state index contributed by atoms with van der Waals surface area (Å²) in [6.45, 7) is -0.273. The number of methoxy groups -OCH3 is 1. The number of ketones is 1. The average molecular weight is 549 g/mol. The van der Waals surface area contributed by atoms with E-state index in [0.29, 0.717) is 12.1 Å². The fraction of sp³-hybridized carbons (Fsp3) is 0.231. The molecule has 0 fully saturated rings. The fourth-order valence-electron chi connectivity index (χ4n) is 3.62. The number of ether oxygens (including phenoxy) is 3. The van der Waals surface area contributed by atoms with Crippen LogP contribution in [0.5, 0.6) is 5.75 Å². The first-order valence-electron chi connectivity index (χ1n) is 11.8. The van der Waals surface area contributed by atoms with Crippen molar-refractivity contribution in [1.82, 2.24) is 10.3 Å². The summed E-state index contributed by atoms with van der Waals surface area (Å²) in [5, 5.41) is 17.2. The number of hydrogen-bond donors (Lipinski definition) is 1. The molecule has 1 amide bonds. The maximum Gasteiger partial charge on any atom is 0.514 e. The smallest absolute Gasteiger partial charge is 0.429 e. The second-order valence-electron chi connectivity index (χ2n) is 8.12. The Bertz CT molecular complexity index is 1420. The monoisotopic (exact) mass is 548 g/mol. The number of pyridine rings is 1. The highest BCUT2D eigenvalue weighted by Crippen LogP contribution is 2.35. The Kier molecular flexibility index (Phi) is 10.6. The van der Waals surface area contributed by atoms with Crippen LogP contribution in [0.25, 0.3) is 21.7 Å². The minimum absolute atomic E-state index is 0.0180. The van der Waals surface area contributed by atoms with Gasteiger partial charge in [0.15, 0.2) is 5.78 Å². The summed E-state index contributed by atoms with van der Waals surface area (Å²) in [6, 6.07) is 12.7. The van der Waals surface area contributed by atoms with Gasteiger partial charge in [-0.15, -0.1) is 0 Å². The molecule has 1 aromatic heterocycles. The average Bonchev–Trinajstić information content (AvgIpc) is 2.95. The second kappa shape index (κ2) is 14.6. The zero-order valence-electron chi connectivity index (χ0n) is 21.3. The molecule has 3 rings (SSSR count). The minimum Gasteiger partial charge on any atom is -0.429 e. The highest BCUT2D eigenvalue weighted by atomic mass is 16.7. The van der Waals surface area contributed by atoms with E-state index in [4.69, 9.17) is 19.7 Å². The van der Waals surface area contributed by atoms with Crippen LogP contribution in [-0.4, -0.2) is 48.0 Å². The summed E-state index contributed by atoms with van der Waals surface area (Å²) in [7, 11) is 1.42. The third kappa shape index (κ3) is 8.08. The normalized spacial score (nSPS) is 10.2. The SMILES string of the molecule is COCC(=O)CCCNC(=O)c1c(COC(=O)Oc2ccc([N+](=O)[O-])cc2)ccc(N=[N+]=[N-])c1-c1ccccn1. The first kappa shape index (κ1) is 29.2. The summed E-state index contributed by atoms with van der Waals surface area (Å²) >= 11 is 0. The molecule has 0 atom stereocenters. The summed E-state index contributed by atoms with van der Waals surface area (Å²) in [5.41, 5.74) is 9.90. The van der Waals surface area contributed by atoms with Gasteiger partial charge in [0.1, 0.15) is 19.0 Å². The largest absolute Gasteiger partial charge is 0.514 e. The number of Topliss-reactive ketones (excluding diaryl/α,β-unsaturated/α-hetero) is 1. The van der Waals surface area contributed by atoms with Crippen LogP contribution in [0.15, 0.2) is 65.9 Å². The van der Waals surface area contributed by atoms with Crippen LogP contribution in [0.1, 0.15) is 28.8 Å². The molecule has 0 aliphatic carbocycles. The molecule has 2 aromatic carbocycles. The number of azide groups is 1. The van der Waals surface area contributed by atoms with Crippen LogP contribution in [0.2, 0.25) is 0 Å². The van der Waals surface area contributed by atoms with E-state index in [9.17, 15) is 24.5 Å². The number of rotatable bonds is 13. The quantitative estimate of drug-likeness (QED) is 0.0444. The molecule has 40 heavy (non-hydrogen) atoms. The topological polar surface area (TPSA) is 196 Å². The van der Waals surface area contributed by atoms with E-state index in [1.807, 2.05) is 0 Å². The number of nitro benzene ring substituents is 1. The molecule has 0 saturated heterocycles. The first-order valence-corrected chi connectivity index (χ1v) is 11.8. The van der Waals surface area contributed by atoms with Gasteiger partial charge in [-0.05, 0) is 36.2 Å². The Morgan fingerprint density at radius 1 is 1.12 bits per heavy atom. The number of nitrogens with one attached hydrogen (secondary N) is 1. The van der Waals surface area contributed by atoms with Crippen molar-refractivity contribution in [3.8, 4) is 17.0 Å². The maximum atomic E-state index is 13.4. The van der Waals surface area contributed by atoms with Gasteiger partial charge < -0.3 is 19.5 Å². The van der Waals surface area contributed by atoms with E-state index >= 15 is 0 Å². The zero-order valence-corrected chi connectivity index (χ0v) is 21.3. The van der Waals surface area contributed by atoms with Gasteiger partial charge in [0.25, 0.3) is 11.6 Å². The molecule has 0 spiro atoms. The van der Waals surface area contributed by atoms with Crippen molar-refractivity contribution in [3.05, 3.63) is 92.5 Å². The molecule has 14 nitrogen and oxygen atoms in total. The maximum absolute atomic E-state index is 13.4. The van der Waals surface area contributed by atoms with Crippen molar-refractivity contribution in [2.24, 2.45) is 5.11 Å². The second-order valence-corrected chi connectivity index (χ2v) is 8.12. The number of non-ortho nitro benzene ring substituents is 1. The highest BCUT2D eigenvalue weighted by Gasteiger charge is 2.23. The highest BCUT2D eigenvalue weighted by molar-refractivity contribution is 6.04. The van der Waals surface area contributed by atoms with Crippen LogP contribution >= 0.6 is 0 Å². The van der Waals surface area contributed by atoms with Gasteiger partial charge >= 0.3 is 6.16 Å². The summed E-state index contributed by atoms with van der Waals surface area (Å²) in [6.07, 6.45) is 0.944. The molecule has 0 aliphatic rings. The molecule has 1 heterocycles. The number of nitrogens with zero attached hydrogens (tertiary/aromatic N) is 5. The lowest BCUT2D eigenvalue weighted by Crippen LogP contribution is -2.27. The van der Waals surface area contributed by atoms with Crippen LogP contribution in [0.3, 0.4) is 0 Å². The first-order chi connectivity index (χ1) is 19.3. The van der Waals surface area contributed by atoms with Gasteiger partial charge in [0, 0.05) is 60.1 Å². The van der Waals surface area contributed by atoms with E-state index in [-0.39, 0.29) is 59.2 Å². The molecular formula is C26H24N6O8. The predicted molar refractivity (Wildman–Crippen MR) is 141 cm³/mol.